The first-order valence-corrected chi connectivity index (χ1v) is 5.16. The van der Waals surface area contributed by atoms with Crippen LogP contribution in [0.5, 0.6) is 0 Å². The van der Waals surface area contributed by atoms with Gasteiger partial charge in [0, 0.05) is 6.04 Å². The van der Waals surface area contributed by atoms with Gasteiger partial charge in [0.15, 0.2) is 0 Å². The van der Waals surface area contributed by atoms with Gasteiger partial charge in [0.1, 0.15) is 0 Å². The molecule has 2 rings (SSSR count). The number of hydrogen-bond donors (Lipinski definition) is 1. The van der Waals surface area contributed by atoms with Crippen molar-refractivity contribution in [2.24, 2.45) is 0 Å². The Morgan fingerprint density at radius 3 is 2.79 bits per heavy atom. The number of morpholine rings is 1. The summed E-state index contributed by atoms with van der Waals surface area (Å²) < 4.78 is 5.54. The van der Waals surface area contributed by atoms with E-state index >= 15 is 0 Å². The largest absolute Gasteiger partial charge is 0.378 e. The summed E-state index contributed by atoms with van der Waals surface area (Å²) in [6.45, 7) is 5.91. The van der Waals surface area contributed by atoms with Crippen LogP contribution < -0.4 is 5.32 Å². The molecule has 1 aliphatic heterocycles. The molecule has 0 aromatic heterocycles. The Balaban J connectivity index is 2.18. The van der Waals surface area contributed by atoms with Crippen molar-refractivity contribution in [2.45, 2.75) is 25.9 Å². The van der Waals surface area contributed by atoms with Crippen LogP contribution in [0, 0.1) is 6.92 Å². The molecule has 2 heteroatoms. The summed E-state index contributed by atoms with van der Waals surface area (Å²) in [5.74, 6) is 0. The molecule has 1 aromatic carbocycles. The number of aryl methyl sites for hydroxylation is 1. The Morgan fingerprint density at radius 2 is 2.07 bits per heavy atom. The highest BCUT2D eigenvalue weighted by Crippen LogP contribution is 2.20. The number of benzene rings is 1. The second-order valence-corrected chi connectivity index (χ2v) is 4.01. The average molecular weight is 191 g/mol. The van der Waals surface area contributed by atoms with Gasteiger partial charge in [-0.2, -0.15) is 0 Å². The first kappa shape index (κ1) is 9.69. The summed E-state index contributed by atoms with van der Waals surface area (Å²) >= 11 is 0. The maximum atomic E-state index is 5.54. The molecule has 1 N–H and O–H groups in total. The zero-order chi connectivity index (χ0) is 9.97. The van der Waals surface area contributed by atoms with Gasteiger partial charge in [-0.25, -0.2) is 0 Å². The lowest BCUT2D eigenvalue weighted by atomic mass is 10.0. The minimum absolute atomic E-state index is 0.361. The molecule has 0 spiro atoms. The summed E-state index contributed by atoms with van der Waals surface area (Å²) in [5.41, 5.74) is 2.70. The van der Waals surface area contributed by atoms with Gasteiger partial charge in [0.25, 0.3) is 0 Å². The summed E-state index contributed by atoms with van der Waals surface area (Å²) in [6.07, 6.45) is 0. The van der Waals surface area contributed by atoms with E-state index in [1.807, 2.05) is 0 Å². The Hall–Kier alpha value is -0.860. The average Bonchev–Trinajstić information content (AvgIpc) is 2.18. The van der Waals surface area contributed by atoms with Crippen LogP contribution in [0.4, 0.5) is 0 Å². The SMILES string of the molecule is Cc1ccccc1C1COCC(C)N1. The van der Waals surface area contributed by atoms with E-state index < -0.39 is 0 Å². The van der Waals surface area contributed by atoms with E-state index in [4.69, 9.17) is 4.74 Å². The van der Waals surface area contributed by atoms with Crippen LogP contribution in [0.3, 0.4) is 0 Å². The van der Waals surface area contributed by atoms with Crippen LogP contribution in [-0.2, 0) is 4.74 Å². The molecular formula is C12H17NO. The molecule has 2 nitrogen and oxygen atoms in total. The Bertz CT molecular complexity index is 311. The Labute approximate surface area is 85.3 Å². The maximum absolute atomic E-state index is 5.54. The molecule has 1 aromatic rings. The van der Waals surface area contributed by atoms with Crippen LogP contribution in [0.1, 0.15) is 24.1 Å². The van der Waals surface area contributed by atoms with E-state index in [0.717, 1.165) is 13.2 Å². The zero-order valence-corrected chi connectivity index (χ0v) is 8.79. The molecule has 1 heterocycles. The van der Waals surface area contributed by atoms with Crippen LogP contribution >= 0.6 is 0 Å². The highest BCUT2D eigenvalue weighted by Gasteiger charge is 2.20. The third-order valence-electron chi connectivity index (χ3n) is 2.70. The Morgan fingerprint density at radius 1 is 1.29 bits per heavy atom. The molecule has 1 aliphatic rings. The minimum atomic E-state index is 0.361. The molecule has 76 valence electrons. The molecule has 0 radical (unpaired) electrons. The van der Waals surface area contributed by atoms with E-state index in [2.05, 4.69) is 43.4 Å². The van der Waals surface area contributed by atoms with Crippen molar-refractivity contribution in [1.29, 1.82) is 0 Å². The molecule has 14 heavy (non-hydrogen) atoms. The van der Waals surface area contributed by atoms with Crippen molar-refractivity contribution in [2.75, 3.05) is 13.2 Å². The third-order valence-corrected chi connectivity index (χ3v) is 2.70. The van der Waals surface area contributed by atoms with Gasteiger partial charge >= 0.3 is 0 Å². The molecular weight excluding hydrogens is 174 g/mol. The topological polar surface area (TPSA) is 21.3 Å². The monoisotopic (exact) mass is 191 g/mol. The normalized spacial score (nSPS) is 27.6. The van der Waals surface area contributed by atoms with Gasteiger partial charge in [-0.1, -0.05) is 24.3 Å². The van der Waals surface area contributed by atoms with E-state index in [1.54, 1.807) is 0 Å². The van der Waals surface area contributed by atoms with Crippen molar-refractivity contribution in [1.82, 2.24) is 5.32 Å². The second kappa shape index (κ2) is 4.11. The molecule has 1 fully saturated rings. The maximum Gasteiger partial charge on any atom is 0.0662 e. The van der Waals surface area contributed by atoms with Crippen LogP contribution in [0.2, 0.25) is 0 Å². The van der Waals surface area contributed by atoms with Gasteiger partial charge < -0.3 is 10.1 Å². The molecule has 0 saturated carbocycles. The van der Waals surface area contributed by atoms with E-state index in [9.17, 15) is 0 Å². The lowest BCUT2D eigenvalue weighted by Gasteiger charge is -2.30. The lowest BCUT2D eigenvalue weighted by molar-refractivity contribution is 0.0502. The first-order chi connectivity index (χ1) is 6.77. The summed E-state index contributed by atoms with van der Waals surface area (Å²) in [5, 5.41) is 3.55. The van der Waals surface area contributed by atoms with Gasteiger partial charge in [-0.05, 0) is 25.0 Å². The number of rotatable bonds is 1. The molecule has 0 amide bonds. The third kappa shape index (κ3) is 1.97. The Kier molecular flexibility index (Phi) is 2.85. The fourth-order valence-corrected chi connectivity index (χ4v) is 1.96. The minimum Gasteiger partial charge on any atom is -0.378 e. The van der Waals surface area contributed by atoms with E-state index in [0.29, 0.717) is 12.1 Å². The van der Waals surface area contributed by atoms with Gasteiger partial charge in [-0.3, -0.25) is 0 Å². The lowest BCUT2D eigenvalue weighted by Crippen LogP contribution is -2.41. The number of nitrogens with one attached hydrogen (secondary N) is 1. The molecule has 2 unspecified atom stereocenters. The van der Waals surface area contributed by atoms with Crippen molar-refractivity contribution >= 4 is 0 Å². The number of ether oxygens (including phenoxy) is 1. The number of hydrogen-bond acceptors (Lipinski definition) is 2. The van der Waals surface area contributed by atoms with Crippen molar-refractivity contribution in [3.05, 3.63) is 35.4 Å². The van der Waals surface area contributed by atoms with Gasteiger partial charge in [0.2, 0.25) is 0 Å². The van der Waals surface area contributed by atoms with Gasteiger partial charge in [-0.15, -0.1) is 0 Å². The summed E-state index contributed by atoms with van der Waals surface area (Å²) in [7, 11) is 0. The fraction of sp³-hybridized carbons (Fsp3) is 0.500. The highest BCUT2D eigenvalue weighted by atomic mass is 16.5. The molecule has 2 atom stereocenters. The van der Waals surface area contributed by atoms with Gasteiger partial charge in [0.05, 0.1) is 19.3 Å². The van der Waals surface area contributed by atoms with Crippen LogP contribution in [0.25, 0.3) is 0 Å². The first-order valence-electron chi connectivity index (χ1n) is 5.16. The quantitative estimate of drug-likeness (QED) is 0.733. The summed E-state index contributed by atoms with van der Waals surface area (Å²) in [6, 6.07) is 9.30. The van der Waals surface area contributed by atoms with Crippen LogP contribution in [0.15, 0.2) is 24.3 Å². The molecule has 0 aliphatic carbocycles. The smallest absolute Gasteiger partial charge is 0.0662 e. The fourth-order valence-electron chi connectivity index (χ4n) is 1.96. The summed E-state index contributed by atoms with van der Waals surface area (Å²) in [4.78, 5) is 0. The molecule has 0 bridgehead atoms. The zero-order valence-electron chi connectivity index (χ0n) is 8.79. The predicted molar refractivity (Wildman–Crippen MR) is 57.3 cm³/mol. The van der Waals surface area contributed by atoms with Crippen molar-refractivity contribution in [3.8, 4) is 0 Å². The highest BCUT2D eigenvalue weighted by molar-refractivity contribution is 5.29. The standard InChI is InChI=1S/C12H17NO/c1-9-5-3-4-6-11(9)12-8-14-7-10(2)13-12/h3-6,10,12-13H,7-8H2,1-2H3. The van der Waals surface area contributed by atoms with Crippen LogP contribution in [-0.4, -0.2) is 19.3 Å². The van der Waals surface area contributed by atoms with E-state index in [-0.39, 0.29) is 0 Å². The van der Waals surface area contributed by atoms with Crippen molar-refractivity contribution in [3.63, 3.8) is 0 Å². The van der Waals surface area contributed by atoms with E-state index in [1.165, 1.54) is 11.1 Å². The second-order valence-electron chi connectivity index (χ2n) is 4.01. The predicted octanol–water partition coefficient (Wildman–Crippen LogP) is 2.04. The molecule has 1 saturated heterocycles. The van der Waals surface area contributed by atoms with Crippen molar-refractivity contribution < 1.29 is 4.74 Å².